The molecule has 1 aromatic heterocycles. The van der Waals surface area contributed by atoms with Gasteiger partial charge in [0.25, 0.3) is 0 Å². The Labute approximate surface area is 128 Å². The van der Waals surface area contributed by atoms with Crippen LogP contribution in [0.25, 0.3) is 0 Å². The maximum absolute atomic E-state index is 12.0. The Morgan fingerprint density at radius 3 is 2.50 bits per heavy atom. The van der Waals surface area contributed by atoms with Crippen LogP contribution < -0.4 is 15.5 Å². The number of hydrogen-bond donors (Lipinski definition) is 3. The number of nitrogens with zero attached hydrogens (tertiary/aromatic N) is 3. The van der Waals surface area contributed by atoms with Crippen molar-refractivity contribution in [1.82, 2.24) is 15.3 Å². The number of carboxylic acids is 1. The van der Waals surface area contributed by atoms with Crippen LogP contribution in [0.2, 0.25) is 0 Å². The number of rotatable bonds is 4. The van der Waals surface area contributed by atoms with Crippen LogP contribution in [0.4, 0.5) is 16.4 Å². The van der Waals surface area contributed by atoms with Crippen LogP contribution in [0.1, 0.15) is 25.7 Å². The van der Waals surface area contributed by atoms with E-state index in [2.05, 4.69) is 20.6 Å². The Kier molecular flexibility index (Phi) is 5.13. The zero-order chi connectivity index (χ0) is 16.1. The van der Waals surface area contributed by atoms with Crippen molar-refractivity contribution >= 4 is 23.6 Å². The second-order valence-electron chi connectivity index (χ2n) is 5.64. The highest BCUT2D eigenvalue weighted by Gasteiger charge is 2.26. The van der Waals surface area contributed by atoms with E-state index in [9.17, 15) is 9.59 Å². The summed E-state index contributed by atoms with van der Waals surface area (Å²) in [5.74, 6) is 0.0911. The minimum absolute atomic E-state index is 0.00533. The predicted molar refractivity (Wildman–Crippen MR) is 81.9 cm³/mol. The number of urea groups is 1. The number of carbonyl (C=O) groups excluding carboxylic acids is 1. The summed E-state index contributed by atoms with van der Waals surface area (Å²) < 4.78 is 0. The average Bonchev–Trinajstić information content (AvgIpc) is 2.47. The molecule has 0 bridgehead atoms. The van der Waals surface area contributed by atoms with Gasteiger partial charge >= 0.3 is 12.0 Å². The lowest BCUT2D eigenvalue weighted by molar-refractivity contribution is -0.142. The molecule has 1 heterocycles. The van der Waals surface area contributed by atoms with E-state index in [4.69, 9.17) is 5.11 Å². The number of carboxylic acid groups (broad SMARTS) is 1. The van der Waals surface area contributed by atoms with Gasteiger partial charge in [0.2, 0.25) is 0 Å². The average molecular weight is 307 g/mol. The fourth-order valence-electron chi connectivity index (χ4n) is 2.48. The Balaban J connectivity index is 1.83. The van der Waals surface area contributed by atoms with Crippen molar-refractivity contribution in [3.05, 3.63) is 12.4 Å². The van der Waals surface area contributed by atoms with Gasteiger partial charge in [-0.15, -0.1) is 0 Å². The van der Waals surface area contributed by atoms with Gasteiger partial charge in [0.15, 0.2) is 0 Å². The van der Waals surface area contributed by atoms with Crippen LogP contribution in [-0.4, -0.2) is 47.2 Å². The zero-order valence-corrected chi connectivity index (χ0v) is 12.7. The van der Waals surface area contributed by atoms with Crippen LogP contribution in [0.3, 0.4) is 0 Å². The lowest BCUT2D eigenvalue weighted by atomic mass is 9.86. The fraction of sp³-hybridized carbons (Fsp3) is 0.571. The first-order chi connectivity index (χ1) is 10.5. The number of aliphatic carboxylic acids is 1. The monoisotopic (exact) mass is 307 g/mol. The van der Waals surface area contributed by atoms with Gasteiger partial charge in [-0.1, -0.05) is 0 Å². The topological polar surface area (TPSA) is 107 Å². The lowest BCUT2D eigenvalue weighted by Gasteiger charge is -2.26. The largest absolute Gasteiger partial charge is 0.481 e. The van der Waals surface area contributed by atoms with Crippen molar-refractivity contribution in [1.29, 1.82) is 0 Å². The molecule has 0 aromatic carbocycles. The first-order valence-corrected chi connectivity index (χ1v) is 7.25. The molecule has 2 amide bonds. The molecule has 8 nitrogen and oxygen atoms in total. The number of carbonyl (C=O) groups is 2. The minimum atomic E-state index is -0.750. The molecular formula is C14H21N5O3. The summed E-state index contributed by atoms with van der Waals surface area (Å²) in [4.78, 5) is 32.8. The predicted octanol–water partition coefficient (Wildman–Crippen LogP) is 1.31. The summed E-state index contributed by atoms with van der Waals surface area (Å²) in [6.45, 7) is 0. The number of anilines is 2. The molecule has 1 fully saturated rings. The van der Waals surface area contributed by atoms with Gasteiger partial charge in [0, 0.05) is 26.2 Å². The van der Waals surface area contributed by atoms with E-state index in [0.29, 0.717) is 37.3 Å². The minimum Gasteiger partial charge on any atom is -0.481 e. The normalized spacial score (nSPS) is 21.0. The lowest BCUT2D eigenvalue weighted by Crippen LogP contribution is -2.41. The zero-order valence-electron chi connectivity index (χ0n) is 12.7. The first-order valence-electron chi connectivity index (χ1n) is 7.25. The molecule has 1 aliphatic carbocycles. The van der Waals surface area contributed by atoms with Crippen molar-refractivity contribution < 1.29 is 14.7 Å². The molecule has 0 atom stereocenters. The van der Waals surface area contributed by atoms with Crippen LogP contribution in [0.15, 0.2) is 12.4 Å². The molecule has 0 spiro atoms. The fourth-order valence-corrected chi connectivity index (χ4v) is 2.48. The van der Waals surface area contributed by atoms with Crippen molar-refractivity contribution in [2.75, 3.05) is 24.3 Å². The quantitative estimate of drug-likeness (QED) is 0.774. The molecule has 0 radical (unpaired) electrons. The van der Waals surface area contributed by atoms with E-state index in [0.717, 1.165) is 0 Å². The molecule has 120 valence electrons. The molecule has 22 heavy (non-hydrogen) atoms. The Morgan fingerprint density at radius 2 is 1.91 bits per heavy atom. The molecule has 1 saturated carbocycles. The van der Waals surface area contributed by atoms with Crippen molar-refractivity contribution in [2.24, 2.45) is 5.92 Å². The first kappa shape index (κ1) is 16.0. The summed E-state index contributed by atoms with van der Waals surface area (Å²) in [7, 11) is 3.71. The standard InChI is InChI=1S/C14H21N5O3/c1-19(2)12-7-11(15-8-16-12)18-14(22)17-10-5-3-9(4-6-10)13(20)21/h7-10H,3-6H2,1-2H3,(H,20,21)(H2,15,16,17,18,22). The van der Waals surface area contributed by atoms with Crippen LogP contribution in [-0.2, 0) is 4.79 Å². The third kappa shape index (κ3) is 4.31. The maximum atomic E-state index is 12.0. The van der Waals surface area contributed by atoms with E-state index in [1.54, 1.807) is 6.07 Å². The maximum Gasteiger partial charge on any atom is 0.320 e. The molecule has 1 aromatic rings. The van der Waals surface area contributed by atoms with Gasteiger partial charge in [-0.25, -0.2) is 14.8 Å². The summed E-state index contributed by atoms with van der Waals surface area (Å²) in [5, 5.41) is 14.5. The molecule has 0 saturated heterocycles. The number of nitrogens with one attached hydrogen (secondary N) is 2. The third-order valence-corrected chi connectivity index (χ3v) is 3.76. The highest BCUT2D eigenvalue weighted by atomic mass is 16.4. The number of hydrogen-bond acceptors (Lipinski definition) is 5. The van der Waals surface area contributed by atoms with E-state index in [-0.39, 0.29) is 18.0 Å². The van der Waals surface area contributed by atoms with Crippen molar-refractivity contribution in [3.8, 4) is 0 Å². The molecule has 0 unspecified atom stereocenters. The van der Waals surface area contributed by atoms with Gasteiger partial charge in [-0.2, -0.15) is 0 Å². The number of amides is 2. The molecular weight excluding hydrogens is 286 g/mol. The Bertz CT molecular complexity index is 541. The number of aromatic nitrogens is 2. The smallest absolute Gasteiger partial charge is 0.320 e. The van der Waals surface area contributed by atoms with Crippen molar-refractivity contribution in [2.45, 2.75) is 31.7 Å². The third-order valence-electron chi connectivity index (χ3n) is 3.76. The van der Waals surface area contributed by atoms with E-state index >= 15 is 0 Å². The summed E-state index contributed by atoms with van der Waals surface area (Å²) in [6, 6.07) is 1.36. The Morgan fingerprint density at radius 1 is 1.23 bits per heavy atom. The van der Waals surface area contributed by atoms with Gasteiger partial charge in [-0.3, -0.25) is 10.1 Å². The molecule has 2 rings (SSSR count). The van der Waals surface area contributed by atoms with Crippen LogP contribution in [0.5, 0.6) is 0 Å². The van der Waals surface area contributed by atoms with E-state index in [1.807, 2.05) is 19.0 Å². The highest BCUT2D eigenvalue weighted by molar-refractivity contribution is 5.88. The molecule has 8 heteroatoms. The summed E-state index contributed by atoms with van der Waals surface area (Å²) >= 11 is 0. The summed E-state index contributed by atoms with van der Waals surface area (Å²) in [6.07, 6.45) is 3.94. The second-order valence-corrected chi connectivity index (χ2v) is 5.64. The van der Waals surface area contributed by atoms with E-state index in [1.165, 1.54) is 6.33 Å². The molecule has 0 aliphatic heterocycles. The van der Waals surface area contributed by atoms with Crippen molar-refractivity contribution in [3.63, 3.8) is 0 Å². The van der Waals surface area contributed by atoms with Gasteiger partial charge in [0.1, 0.15) is 18.0 Å². The van der Waals surface area contributed by atoms with Crippen LogP contribution >= 0.6 is 0 Å². The van der Waals surface area contributed by atoms with Gasteiger partial charge in [-0.05, 0) is 25.7 Å². The SMILES string of the molecule is CN(C)c1cc(NC(=O)NC2CCC(C(=O)O)CC2)ncn1. The summed E-state index contributed by atoms with van der Waals surface area (Å²) in [5.41, 5.74) is 0. The second kappa shape index (κ2) is 7.06. The van der Waals surface area contributed by atoms with Crippen LogP contribution in [0, 0.1) is 5.92 Å². The van der Waals surface area contributed by atoms with E-state index < -0.39 is 5.97 Å². The Hall–Kier alpha value is -2.38. The highest BCUT2D eigenvalue weighted by Crippen LogP contribution is 2.24. The van der Waals surface area contributed by atoms with Gasteiger partial charge in [0.05, 0.1) is 5.92 Å². The molecule has 1 aliphatic rings. The van der Waals surface area contributed by atoms with Gasteiger partial charge < -0.3 is 15.3 Å². The molecule has 3 N–H and O–H groups in total.